The third kappa shape index (κ3) is 0.964. The first-order valence-corrected chi connectivity index (χ1v) is 2.79. The maximum Gasteiger partial charge on any atom is 0.229 e. The molecule has 0 aromatic carbocycles. The van der Waals surface area contributed by atoms with Crippen molar-refractivity contribution in [2.24, 2.45) is 0 Å². The van der Waals surface area contributed by atoms with Crippen LogP contribution in [0.1, 0.15) is 5.56 Å². The van der Waals surface area contributed by atoms with Crippen LogP contribution in [0.4, 0.5) is 14.7 Å². The number of anilines is 1. The molecular weight excluding hydrogens is 140 g/mol. The van der Waals surface area contributed by atoms with Gasteiger partial charge in [0, 0.05) is 7.05 Å². The van der Waals surface area contributed by atoms with Crippen molar-refractivity contribution < 1.29 is 13.2 Å². The molecule has 0 atom stereocenters. The largest absolute Gasteiger partial charge is 0.446 e. The zero-order valence-electron chi connectivity index (χ0n) is 5.45. The third-order valence-corrected chi connectivity index (χ3v) is 1.17. The molecule has 10 heavy (non-hydrogen) atoms. The van der Waals surface area contributed by atoms with E-state index in [-0.39, 0.29) is 11.4 Å². The van der Waals surface area contributed by atoms with Crippen molar-refractivity contribution in [1.29, 1.82) is 0 Å². The van der Waals surface area contributed by atoms with Crippen molar-refractivity contribution in [1.82, 2.24) is 0 Å². The summed E-state index contributed by atoms with van der Waals surface area (Å²) in [5, 5.41) is 2.44. The second kappa shape index (κ2) is 2.68. The average Bonchev–Trinajstić information content (AvgIpc) is 2.30. The van der Waals surface area contributed by atoms with E-state index < -0.39 is 12.5 Å². The molecule has 0 aliphatic heterocycles. The van der Waals surface area contributed by atoms with Gasteiger partial charge in [-0.15, -0.1) is 0 Å². The molecular formula is C6H7F2NO. The normalized spacial score (nSPS) is 9.90. The quantitative estimate of drug-likeness (QED) is 0.691. The van der Waals surface area contributed by atoms with Crippen LogP contribution in [-0.4, -0.2) is 7.05 Å². The van der Waals surface area contributed by atoms with E-state index >= 15 is 0 Å². The summed E-state index contributed by atoms with van der Waals surface area (Å²) in [4.78, 5) is 0. The van der Waals surface area contributed by atoms with Crippen molar-refractivity contribution in [3.63, 3.8) is 0 Å². The van der Waals surface area contributed by atoms with Gasteiger partial charge in [0.05, 0.1) is 5.56 Å². The van der Waals surface area contributed by atoms with Gasteiger partial charge in [-0.05, 0) is 0 Å². The van der Waals surface area contributed by atoms with Crippen molar-refractivity contribution in [3.8, 4) is 0 Å². The fourth-order valence-corrected chi connectivity index (χ4v) is 0.638. The summed E-state index contributed by atoms with van der Waals surface area (Å²) < 4.78 is 29.1. The molecule has 56 valence electrons. The molecule has 4 heteroatoms. The molecule has 1 rings (SSSR count). The summed E-state index contributed by atoms with van der Waals surface area (Å²) in [7, 11) is 1.50. The maximum atomic E-state index is 12.6. The van der Waals surface area contributed by atoms with Gasteiger partial charge in [-0.25, -0.2) is 8.78 Å². The van der Waals surface area contributed by atoms with Gasteiger partial charge >= 0.3 is 0 Å². The highest BCUT2D eigenvalue weighted by atomic mass is 19.1. The van der Waals surface area contributed by atoms with Crippen LogP contribution in [0.25, 0.3) is 0 Å². The van der Waals surface area contributed by atoms with Gasteiger partial charge in [0.15, 0.2) is 5.82 Å². The molecule has 0 spiro atoms. The number of furan rings is 1. The van der Waals surface area contributed by atoms with Crippen LogP contribution in [0.5, 0.6) is 0 Å². The Balaban J connectivity index is 2.97. The minimum Gasteiger partial charge on any atom is -0.446 e. The highest BCUT2D eigenvalue weighted by Gasteiger charge is 2.10. The van der Waals surface area contributed by atoms with E-state index in [2.05, 4.69) is 9.73 Å². The molecule has 1 aromatic rings. The van der Waals surface area contributed by atoms with Crippen molar-refractivity contribution >= 4 is 5.88 Å². The van der Waals surface area contributed by atoms with E-state index in [0.717, 1.165) is 6.26 Å². The molecule has 0 fully saturated rings. The zero-order chi connectivity index (χ0) is 7.56. The minimum absolute atomic E-state index is 0.0207. The van der Waals surface area contributed by atoms with Crippen LogP contribution in [0.3, 0.4) is 0 Å². The van der Waals surface area contributed by atoms with Gasteiger partial charge < -0.3 is 9.73 Å². The molecule has 0 unspecified atom stereocenters. The topological polar surface area (TPSA) is 25.2 Å². The van der Waals surface area contributed by atoms with Crippen LogP contribution in [-0.2, 0) is 6.67 Å². The molecule has 0 aliphatic carbocycles. The molecule has 0 radical (unpaired) electrons. The Morgan fingerprint density at radius 2 is 2.40 bits per heavy atom. The SMILES string of the molecule is CNc1occ(CF)c1F. The molecule has 0 saturated carbocycles. The van der Waals surface area contributed by atoms with E-state index in [1.54, 1.807) is 0 Å². The van der Waals surface area contributed by atoms with E-state index in [1.807, 2.05) is 0 Å². The summed E-state index contributed by atoms with van der Waals surface area (Å²) in [6.45, 7) is -0.836. The Morgan fingerprint density at radius 3 is 2.70 bits per heavy atom. The average molecular weight is 147 g/mol. The summed E-state index contributed by atoms with van der Waals surface area (Å²) in [6.07, 6.45) is 1.06. The monoisotopic (exact) mass is 147 g/mol. The number of hydrogen-bond acceptors (Lipinski definition) is 2. The Labute approximate surface area is 56.8 Å². The molecule has 0 amide bonds. The summed E-state index contributed by atoms with van der Waals surface area (Å²) in [5.41, 5.74) is -0.0515. The molecule has 1 N–H and O–H groups in total. The summed E-state index contributed by atoms with van der Waals surface area (Å²) >= 11 is 0. The maximum absolute atomic E-state index is 12.6. The van der Waals surface area contributed by atoms with Crippen molar-refractivity contribution in [3.05, 3.63) is 17.6 Å². The van der Waals surface area contributed by atoms with Crippen molar-refractivity contribution in [2.75, 3.05) is 12.4 Å². The molecule has 2 nitrogen and oxygen atoms in total. The lowest BCUT2D eigenvalue weighted by atomic mass is 10.3. The number of rotatable bonds is 2. The van der Waals surface area contributed by atoms with E-state index in [4.69, 9.17) is 0 Å². The fourth-order valence-electron chi connectivity index (χ4n) is 0.638. The highest BCUT2D eigenvalue weighted by molar-refractivity contribution is 5.35. The number of alkyl halides is 1. The van der Waals surface area contributed by atoms with Crippen LogP contribution in [0.15, 0.2) is 10.7 Å². The number of hydrogen-bond donors (Lipinski definition) is 1. The lowest BCUT2D eigenvalue weighted by Crippen LogP contribution is -1.88. The van der Waals surface area contributed by atoms with E-state index in [0.29, 0.717) is 0 Å². The molecule has 1 heterocycles. The summed E-state index contributed by atoms with van der Waals surface area (Å²) in [5.74, 6) is -0.669. The van der Waals surface area contributed by atoms with Gasteiger partial charge in [-0.3, -0.25) is 0 Å². The van der Waals surface area contributed by atoms with Crippen molar-refractivity contribution in [2.45, 2.75) is 6.67 Å². The smallest absolute Gasteiger partial charge is 0.229 e. The van der Waals surface area contributed by atoms with Crippen LogP contribution >= 0.6 is 0 Å². The van der Waals surface area contributed by atoms with E-state index in [9.17, 15) is 8.78 Å². The Bertz CT molecular complexity index is 200. The van der Waals surface area contributed by atoms with Gasteiger partial charge in [0.25, 0.3) is 0 Å². The standard InChI is InChI=1S/C6H7F2NO/c1-9-6-5(8)4(2-7)3-10-6/h3,9H,2H2,1H3. The molecule has 0 bridgehead atoms. The zero-order valence-corrected chi connectivity index (χ0v) is 5.45. The Hall–Kier alpha value is -1.06. The lowest BCUT2D eigenvalue weighted by Gasteiger charge is -1.90. The second-order valence-electron chi connectivity index (χ2n) is 1.79. The van der Waals surface area contributed by atoms with Crippen LogP contribution in [0.2, 0.25) is 0 Å². The Kier molecular flexibility index (Phi) is 1.89. The lowest BCUT2D eigenvalue weighted by molar-refractivity contribution is 0.465. The number of halogens is 2. The van der Waals surface area contributed by atoms with Gasteiger partial charge in [-0.2, -0.15) is 0 Å². The number of nitrogens with one attached hydrogen (secondary N) is 1. The van der Waals surface area contributed by atoms with Crippen LogP contribution < -0.4 is 5.32 Å². The molecule has 0 saturated heterocycles. The minimum atomic E-state index is -0.836. The van der Waals surface area contributed by atoms with Gasteiger partial charge in [0.1, 0.15) is 12.9 Å². The Morgan fingerprint density at radius 1 is 1.70 bits per heavy atom. The van der Waals surface area contributed by atoms with Gasteiger partial charge in [0.2, 0.25) is 5.88 Å². The first-order valence-electron chi connectivity index (χ1n) is 2.79. The first kappa shape index (κ1) is 7.05. The van der Waals surface area contributed by atoms with Gasteiger partial charge in [-0.1, -0.05) is 0 Å². The predicted octanol–water partition coefficient (Wildman–Crippen LogP) is 1.93. The third-order valence-electron chi connectivity index (χ3n) is 1.17. The van der Waals surface area contributed by atoms with E-state index in [1.165, 1.54) is 7.05 Å². The molecule has 0 aliphatic rings. The van der Waals surface area contributed by atoms with Crippen LogP contribution in [0, 0.1) is 5.82 Å². The molecule has 1 aromatic heterocycles. The highest BCUT2D eigenvalue weighted by Crippen LogP contribution is 2.20. The summed E-state index contributed by atoms with van der Waals surface area (Å²) in [6, 6.07) is 0. The first-order chi connectivity index (χ1) is 4.79. The second-order valence-corrected chi connectivity index (χ2v) is 1.79. The fraction of sp³-hybridized carbons (Fsp3) is 0.333. The predicted molar refractivity (Wildman–Crippen MR) is 33.0 cm³/mol.